The van der Waals surface area contributed by atoms with Crippen LogP contribution in [0.3, 0.4) is 0 Å². The molecule has 2 aromatic carbocycles. The molecule has 1 aliphatic rings. The largest absolute Gasteiger partial charge is 0.351 e. The average molecular weight is 487 g/mol. The van der Waals surface area contributed by atoms with Crippen LogP contribution in [0.1, 0.15) is 45.9 Å². The number of hydrogen-bond donors (Lipinski definition) is 1. The van der Waals surface area contributed by atoms with Crippen LogP contribution in [-0.2, 0) is 0 Å². The van der Waals surface area contributed by atoms with Gasteiger partial charge in [0.15, 0.2) is 5.11 Å². The minimum Gasteiger partial charge on any atom is -0.351 e. The molecule has 1 N–H and O–H groups in total. The van der Waals surface area contributed by atoms with Gasteiger partial charge in [0.05, 0.1) is 17.8 Å². The van der Waals surface area contributed by atoms with E-state index >= 15 is 0 Å². The summed E-state index contributed by atoms with van der Waals surface area (Å²) in [6, 6.07) is 22.7. The van der Waals surface area contributed by atoms with Gasteiger partial charge in [-0.1, -0.05) is 23.7 Å². The SMILES string of the molecule is Cc1ccc(N2C(=S)N[C@@H](c3ccccn3)[C@H]2c2cc(C)n(-c3ccc(Cl)cc3)c2C)cc1C. The normalized spacial score (nSPS) is 17.8. The van der Waals surface area contributed by atoms with Crippen molar-refractivity contribution in [2.75, 3.05) is 4.90 Å². The van der Waals surface area contributed by atoms with E-state index in [4.69, 9.17) is 23.8 Å². The Hall–Kier alpha value is -3.15. The van der Waals surface area contributed by atoms with E-state index in [1.54, 1.807) is 0 Å². The lowest BCUT2D eigenvalue weighted by molar-refractivity contribution is 0.565. The van der Waals surface area contributed by atoms with Crippen molar-refractivity contribution in [1.29, 1.82) is 0 Å². The molecule has 6 heteroatoms. The molecule has 5 rings (SSSR count). The molecule has 0 aliphatic carbocycles. The second-order valence-electron chi connectivity index (χ2n) is 8.90. The van der Waals surface area contributed by atoms with Crippen LogP contribution >= 0.6 is 23.8 Å². The van der Waals surface area contributed by atoms with Crippen molar-refractivity contribution in [3.05, 3.63) is 112 Å². The molecule has 0 saturated carbocycles. The lowest BCUT2D eigenvalue weighted by Gasteiger charge is -2.28. The Morgan fingerprint density at radius 2 is 1.62 bits per heavy atom. The van der Waals surface area contributed by atoms with Gasteiger partial charge in [-0.3, -0.25) is 4.98 Å². The Bertz CT molecular complexity index is 1360. The van der Waals surface area contributed by atoms with Crippen LogP contribution in [0.2, 0.25) is 5.02 Å². The van der Waals surface area contributed by atoms with Crippen molar-refractivity contribution in [2.24, 2.45) is 0 Å². The molecule has 0 bridgehead atoms. The topological polar surface area (TPSA) is 33.1 Å². The molecule has 1 aliphatic heterocycles. The number of hydrogen-bond acceptors (Lipinski definition) is 2. The Morgan fingerprint density at radius 3 is 2.29 bits per heavy atom. The van der Waals surface area contributed by atoms with Gasteiger partial charge in [0, 0.05) is 34.0 Å². The fourth-order valence-electron chi connectivity index (χ4n) is 4.90. The van der Waals surface area contributed by atoms with Gasteiger partial charge in [-0.25, -0.2) is 0 Å². The summed E-state index contributed by atoms with van der Waals surface area (Å²) < 4.78 is 2.28. The van der Waals surface area contributed by atoms with Crippen molar-refractivity contribution in [3.8, 4) is 5.69 Å². The van der Waals surface area contributed by atoms with E-state index in [1.165, 1.54) is 22.4 Å². The number of halogens is 1. The molecule has 4 aromatic rings. The standard InChI is InChI=1S/C28H27ClN4S/c1-17-8-11-23(15-18(17)2)33-27(26(31-28(33)34)25-7-5-6-14-30-25)24-16-19(3)32(20(24)4)22-12-9-21(29)10-13-22/h5-16,26-27H,1-4H3,(H,31,34)/t26-,27+/m0/s1. The summed E-state index contributed by atoms with van der Waals surface area (Å²) in [5.41, 5.74) is 9.20. The number of aromatic nitrogens is 2. The number of thiocarbonyl (C=S) groups is 1. The fourth-order valence-corrected chi connectivity index (χ4v) is 5.37. The van der Waals surface area contributed by atoms with Crippen molar-refractivity contribution < 1.29 is 0 Å². The molecular formula is C28H27ClN4S. The highest BCUT2D eigenvalue weighted by molar-refractivity contribution is 7.80. The second kappa shape index (κ2) is 8.90. The van der Waals surface area contributed by atoms with Crippen molar-refractivity contribution in [1.82, 2.24) is 14.9 Å². The van der Waals surface area contributed by atoms with E-state index in [0.717, 1.165) is 27.8 Å². The van der Waals surface area contributed by atoms with Crippen LogP contribution in [0.5, 0.6) is 0 Å². The lowest BCUT2D eigenvalue weighted by atomic mass is 9.96. The fraction of sp³-hybridized carbons (Fsp3) is 0.214. The number of aryl methyl sites for hydroxylation is 3. The highest BCUT2D eigenvalue weighted by Crippen LogP contribution is 2.44. The van der Waals surface area contributed by atoms with E-state index < -0.39 is 0 Å². The third-order valence-electron chi connectivity index (χ3n) is 6.74. The molecule has 1 fully saturated rings. The molecule has 1 saturated heterocycles. The smallest absolute Gasteiger partial charge is 0.174 e. The van der Waals surface area contributed by atoms with E-state index in [1.807, 2.05) is 30.5 Å². The van der Waals surface area contributed by atoms with E-state index in [9.17, 15) is 0 Å². The van der Waals surface area contributed by atoms with Crippen LogP contribution in [0.25, 0.3) is 5.69 Å². The predicted octanol–water partition coefficient (Wildman–Crippen LogP) is 6.94. The third kappa shape index (κ3) is 3.89. The number of rotatable bonds is 4. The van der Waals surface area contributed by atoms with E-state index in [0.29, 0.717) is 5.11 Å². The summed E-state index contributed by atoms with van der Waals surface area (Å²) in [6.45, 7) is 8.59. The molecule has 0 radical (unpaired) electrons. The summed E-state index contributed by atoms with van der Waals surface area (Å²) in [5.74, 6) is 0. The maximum atomic E-state index is 6.16. The summed E-state index contributed by atoms with van der Waals surface area (Å²) in [7, 11) is 0. The van der Waals surface area contributed by atoms with Crippen LogP contribution in [-0.4, -0.2) is 14.7 Å². The van der Waals surface area contributed by atoms with Crippen molar-refractivity contribution in [2.45, 2.75) is 39.8 Å². The summed E-state index contributed by atoms with van der Waals surface area (Å²) >= 11 is 12.1. The van der Waals surface area contributed by atoms with Crippen LogP contribution in [0.4, 0.5) is 5.69 Å². The Balaban J connectivity index is 1.68. The molecule has 2 atom stereocenters. The van der Waals surface area contributed by atoms with Gasteiger partial charge in [-0.05, 0) is 111 Å². The van der Waals surface area contributed by atoms with Crippen molar-refractivity contribution >= 4 is 34.6 Å². The molecular weight excluding hydrogens is 460 g/mol. The molecule has 34 heavy (non-hydrogen) atoms. The van der Waals surface area contributed by atoms with Gasteiger partial charge >= 0.3 is 0 Å². The van der Waals surface area contributed by atoms with Gasteiger partial charge < -0.3 is 14.8 Å². The minimum absolute atomic E-state index is 0.0447. The minimum atomic E-state index is -0.0746. The highest BCUT2D eigenvalue weighted by Gasteiger charge is 2.42. The van der Waals surface area contributed by atoms with Gasteiger partial charge in [0.1, 0.15) is 0 Å². The number of nitrogens with zero attached hydrogens (tertiary/aromatic N) is 3. The first kappa shape index (κ1) is 22.6. The molecule has 0 amide bonds. The first-order valence-electron chi connectivity index (χ1n) is 11.4. The van der Waals surface area contributed by atoms with Crippen molar-refractivity contribution in [3.63, 3.8) is 0 Å². The monoisotopic (exact) mass is 486 g/mol. The predicted molar refractivity (Wildman–Crippen MR) is 144 cm³/mol. The van der Waals surface area contributed by atoms with Gasteiger partial charge in [-0.15, -0.1) is 0 Å². The lowest BCUT2D eigenvalue weighted by Crippen LogP contribution is -2.29. The number of pyridine rings is 1. The first-order chi connectivity index (χ1) is 16.3. The molecule has 4 nitrogen and oxygen atoms in total. The Kier molecular flexibility index (Phi) is 5.92. The number of benzene rings is 2. The van der Waals surface area contributed by atoms with E-state index in [2.05, 4.69) is 89.9 Å². The quantitative estimate of drug-likeness (QED) is 0.317. The molecule has 172 valence electrons. The molecule has 2 aromatic heterocycles. The molecule has 3 heterocycles. The Labute approximate surface area is 211 Å². The van der Waals surface area contributed by atoms with Gasteiger partial charge in [-0.2, -0.15) is 0 Å². The summed E-state index contributed by atoms with van der Waals surface area (Å²) in [4.78, 5) is 6.93. The maximum Gasteiger partial charge on any atom is 0.174 e. The summed E-state index contributed by atoms with van der Waals surface area (Å²) in [6.07, 6.45) is 1.84. The molecule has 0 unspecified atom stereocenters. The van der Waals surface area contributed by atoms with Crippen LogP contribution in [0.15, 0.2) is 72.9 Å². The second-order valence-corrected chi connectivity index (χ2v) is 9.73. The van der Waals surface area contributed by atoms with Crippen LogP contribution in [0, 0.1) is 27.7 Å². The third-order valence-corrected chi connectivity index (χ3v) is 7.31. The average Bonchev–Trinajstić information content (AvgIpc) is 3.32. The first-order valence-corrected chi connectivity index (χ1v) is 12.2. The van der Waals surface area contributed by atoms with Crippen LogP contribution < -0.4 is 10.2 Å². The summed E-state index contributed by atoms with van der Waals surface area (Å²) in [5, 5.41) is 5.01. The Morgan fingerprint density at radius 1 is 0.882 bits per heavy atom. The van der Waals surface area contributed by atoms with E-state index in [-0.39, 0.29) is 12.1 Å². The number of anilines is 1. The zero-order valence-electron chi connectivity index (χ0n) is 19.7. The zero-order chi connectivity index (χ0) is 24.0. The zero-order valence-corrected chi connectivity index (χ0v) is 21.3. The van der Waals surface area contributed by atoms with Gasteiger partial charge in [0.25, 0.3) is 0 Å². The number of nitrogens with one attached hydrogen (secondary N) is 1. The maximum absolute atomic E-state index is 6.16. The molecule has 0 spiro atoms. The highest BCUT2D eigenvalue weighted by atomic mass is 35.5. The van der Waals surface area contributed by atoms with Gasteiger partial charge in [0.2, 0.25) is 0 Å².